The lowest BCUT2D eigenvalue weighted by Gasteiger charge is -2.37. The van der Waals surface area contributed by atoms with Crippen LogP contribution in [0.25, 0.3) is 0 Å². The molecule has 1 atom stereocenters. The van der Waals surface area contributed by atoms with Gasteiger partial charge in [-0.2, -0.15) is 0 Å². The number of ether oxygens (including phenoxy) is 1. The van der Waals surface area contributed by atoms with Crippen LogP contribution in [0.3, 0.4) is 0 Å². The Bertz CT molecular complexity index is 805. The predicted molar refractivity (Wildman–Crippen MR) is 111 cm³/mol. The average Bonchev–Trinajstić information content (AvgIpc) is 2.68. The Labute approximate surface area is 170 Å². The third kappa shape index (κ3) is 4.88. The summed E-state index contributed by atoms with van der Waals surface area (Å²) in [6.45, 7) is 6.79. The van der Waals surface area contributed by atoms with Crippen molar-refractivity contribution in [2.75, 3.05) is 31.1 Å². The fraction of sp³-hybridized carbons (Fsp3) is 0.381. The maximum Gasteiger partial charge on any atom is 0.263 e. The molecule has 0 spiro atoms. The summed E-state index contributed by atoms with van der Waals surface area (Å²) in [6.07, 6.45) is 0.137. The molecule has 1 aliphatic heterocycles. The standard InChI is InChI=1S/C21H24Cl2N2O2/c1-3-20(27-18-7-8-19(23)15(2)13-18)21(26)25-11-9-24(10-12-25)17-6-4-5-16(22)14-17/h4-8,13-14,20H,3,9-12H2,1-2H3/t20-/m1/s1. The summed E-state index contributed by atoms with van der Waals surface area (Å²) in [5.74, 6) is 0.713. The smallest absolute Gasteiger partial charge is 0.263 e. The van der Waals surface area contributed by atoms with E-state index in [1.165, 1.54) is 0 Å². The van der Waals surface area contributed by atoms with Crippen LogP contribution in [0.4, 0.5) is 5.69 Å². The number of rotatable bonds is 5. The summed E-state index contributed by atoms with van der Waals surface area (Å²) >= 11 is 12.2. The molecule has 1 fully saturated rings. The third-order valence-electron chi connectivity index (χ3n) is 4.82. The molecule has 4 nitrogen and oxygen atoms in total. The van der Waals surface area contributed by atoms with Gasteiger partial charge in [-0.3, -0.25) is 4.79 Å². The number of anilines is 1. The van der Waals surface area contributed by atoms with E-state index in [4.69, 9.17) is 27.9 Å². The van der Waals surface area contributed by atoms with Gasteiger partial charge in [0.2, 0.25) is 0 Å². The second-order valence-electron chi connectivity index (χ2n) is 6.72. The first-order valence-electron chi connectivity index (χ1n) is 9.20. The molecule has 0 radical (unpaired) electrons. The Hall–Kier alpha value is -1.91. The van der Waals surface area contributed by atoms with E-state index >= 15 is 0 Å². The molecular weight excluding hydrogens is 383 g/mol. The number of hydrogen-bond acceptors (Lipinski definition) is 3. The molecule has 27 heavy (non-hydrogen) atoms. The highest BCUT2D eigenvalue weighted by molar-refractivity contribution is 6.31. The summed E-state index contributed by atoms with van der Waals surface area (Å²) in [7, 11) is 0. The molecule has 1 heterocycles. The van der Waals surface area contributed by atoms with Crippen LogP contribution in [0.15, 0.2) is 42.5 Å². The molecule has 3 rings (SSSR count). The Morgan fingerprint density at radius 3 is 2.48 bits per heavy atom. The molecule has 1 amide bonds. The molecule has 0 N–H and O–H groups in total. The van der Waals surface area contributed by atoms with Gasteiger partial charge >= 0.3 is 0 Å². The van der Waals surface area contributed by atoms with Crippen molar-refractivity contribution in [3.63, 3.8) is 0 Å². The minimum absolute atomic E-state index is 0.0378. The van der Waals surface area contributed by atoms with E-state index in [2.05, 4.69) is 4.90 Å². The molecule has 0 unspecified atom stereocenters. The van der Waals surface area contributed by atoms with Crippen LogP contribution in [-0.2, 0) is 4.79 Å². The molecule has 2 aromatic carbocycles. The number of aryl methyl sites for hydroxylation is 1. The molecule has 1 aliphatic rings. The van der Waals surface area contributed by atoms with E-state index in [0.717, 1.165) is 29.4 Å². The maximum absolute atomic E-state index is 12.9. The van der Waals surface area contributed by atoms with Crippen LogP contribution in [0.1, 0.15) is 18.9 Å². The molecule has 0 aromatic heterocycles. The molecule has 2 aromatic rings. The van der Waals surface area contributed by atoms with Crippen molar-refractivity contribution in [1.29, 1.82) is 0 Å². The first-order chi connectivity index (χ1) is 13.0. The Morgan fingerprint density at radius 1 is 1.11 bits per heavy atom. The van der Waals surface area contributed by atoms with E-state index in [-0.39, 0.29) is 5.91 Å². The van der Waals surface area contributed by atoms with E-state index in [9.17, 15) is 4.79 Å². The third-order valence-corrected chi connectivity index (χ3v) is 5.48. The average molecular weight is 407 g/mol. The van der Waals surface area contributed by atoms with Gasteiger partial charge in [0.15, 0.2) is 6.10 Å². The summed E-state index contributed by atoms with van der Waals surface area (Å²) < 4.78 is 5.96. The van der Waals surface area contributed by atoms with Gasteiger partial charge < -0.3 is 14.5 Å². The Morgan fingerprint density at radius 2 is 1.85 bits per heavy atom. The van der Waals surface area contributed by atoms with E-state index in [1.54, 1.807) is 6.07 Å². The lowest BCUT2D eigenvalue weighted by Crippen LogP contribution is -2.52. The van der Waals surface area contributed by atoms with Crippen molar-refractivity contribution in [1.82, 2.24) is 4.90 Å². The van der Waals surface area contributed by atoms with Crippen LogP contribution in [0.5, 0.6) is 5.75 Å². The minimum Gasteiger partial charge on any atom is -0.481 e. The first kappa shape index (κ1) is 19.8. The predicted octanol–water partition coefficient (Wildman–Crippen LogP) is 4.81. The van der Waals surface area contributed by atoms with Gasteiger partial charge in [0, 0.05) is 41.9 Å². The normalized spacial score (nSPS) is 15.6. The second kappa shape index (κ2) is 8.85. The first-order valence-corrected chi connectivity index (χ1v) is 9.95. The molecule has 0 aliphatic carbocycles. The fourth-order valence-corrected chi connectivity index (χ4v) is 3.53. The molecule has 0 bridgehead atoms. The maximum atomic E-state index is 12.9. The van der Waals surface area contributed by atoms with Crippen LogP contribution >= 0.6 is 23.2 Å². The zero-order chi connectivity index (χ0) is 19.4. The number of piperazine rings is 1. The van der Waals surface area contributed by atoms with Gasteiger partial charge in [-0.15, -0.1) is 0 Å². The van der Waals surface area contributed by atoms with Crippen molar-refractivity contribution >= 4 is 34.8 Å². The zero-order valence-corrected chi connectivity index (χ0v) is 17.1. The van der Waals surface area contributed by atoms with Gasteiger partial charge in [-0.1, -0.05) is 36.2 Å². The number of nitrogens with zero attached hydrogens (tertiary/aromatic N) is 2. The summed E-state index contributed by atoms with van der Waals surface area (Å²) in [4.78, 5) is 17.1. The number of halogens is 2. The van der Waals surface area contributed by atoms with Crippen LogP contribution in [0.2, 0.25) is 10.0 Å². The van der Waals surface area contributed by atoms with Gasteiger partial charge in [0.1, 0.15) is 5.75 Å². The van der Waals surface area contributed by atoms with Crippen LogP contribution in [-0.4, -0.2) is 43.1 Å². The largest absolute Gasteiger partial charge is 0.481 e. The highest BCUT2D eigenvalue weighted by atomic mass is 35.5. The van der Waals surface area contributed by atoms with E-state index in [1.807, 2.05) is 55.1 Å². The van der Waals surface area contributed by atoms with Crippen LogP contribution in [0, 0.1) is 6.92 Å². The van der Waals surface area contributed by atoms with Gasteiger partial charge in [0.05, 0.1) is 0 Å². The van der Waals surface area contributed by atoms with E-state index < -0.39 is 6.10 Å². The number of amides is 1. The second-order valence-corrected chi connectivity index (χ2v) is 7.56. The van der Waals surface area contributed by atoms with Crippen molar-refractivity contribution in [3.05, 3.63) is 58.1 Å². The fourth-order valence-electron chi connectivity index (χ4n) is 3.22. The highest BCUT2D eigenvalue weighted by Gasteiger charge is 2.28. The molecule has 144 valence electrons. The van der Waals surface area contributed by atoms with Gasteiger partial charge in [-0.05, 0) is 55.3 Å². The lowest BCUT2D eigenvalue weighted by atomic mass is 10.2. The number of carbonyl (C=O) groups is 1. The summed E-state index contributed by atoms with van der Waals surface area (Å²) in [5.41, 5.74) is 2.03. The monoisotopic (exact) mass is 406 g/mol. The van der Waals surface area contributed by atoms with Gasteiger partial charge in [0.25, 0.3) is 5.91 Å². The van der Waals surface area contributed by atoms with Crippen molar-refractivity contribution in [3.8, 4) is 5.75 Å². The molecule has 1 saturated heterocycles. The van der Waals surface area contributed by atoms with Crippen molar-refractivity contribution in [2.24, 2.45) is 0 Å². The van der Waals surface area contributed by atoms with Crippen molar-refractivity contribution in [2.45, 2.75) is 26.4 Å². The summed E-state index contributed by atoms with van der Waals surface area (Å²) in [5, 5.41) is 1.42. The summed E-state index contributed by atoms with van der Waals surface area (Å²) in [6, 6.07) is 13.3. The zero-order valence-electron chi connectivity index (χ0n) is 15.6. The number of carbonyl (C=O) groups excluding carboxylic acids is 1. The number of hydrogen-bond donors (Lipinski definition) is 0. The molecule has 6 heteroatoms. The Kier molecular flexibility index (Phi) is 6.51. The van der Waals surface area contributed by atoms with Crippen LogP contribution < -0.4 is 9.64 Å². The number of benzene rings is 2. The molecular formula is C21H24Cl2N2O2. The Balaban J connectivity index is 1.60. The van der Waals surface area contributed by atoms with E-state index in [0.29, 0.717) is 30.3 Å². The lowest BCUT2D eigenvalue weighted by molar-refractivity contribution is -0.139. The molecule has 0 saturated carbocycles. The minimum atomic E-state index is -0.483. The SMILES string of the molecule is CC[C@@H](Oc1ccc(Cl)c(C)c1)C(=O)N1CCN(c2cccc(Cl)c2)CC1. The van der Waals surface area contributed by atoms with Crippen molar-refractivity contribution < 1.29 is 9.53 Å². The highest BCUT2D eigenvalue weighted by Crippen LogP contribution is 2.24. The topological polar surface area (TPSA) is 32.8 Å². The van der Waals surface area contributed by atoms with Gasteiger partial charge in [-0.25, -0.2) is 0 Å². The quantitative estimate of drug-likeness (QED) is 0.713.